The van der Waals surface area contributed by atoms with Crippen molar-refractivity contribution in [2.75, 3.05) is 5.32 Å². The predicted molar refractivity (Wildman–Crippen MR) is 78.6 cm³/mol. The molecule has 2 aromatic carbocycles. The Morgan fingerprint density at radius 3 is 2.67 bits per heavy atom. The third kappa shape index (κ3) is 2.72. The smallest absolute Gasteiger partial charge is 0.275 e. The topological polar surface area (TPSA) is 54.9 Å². The Morgan fingerprint density at radius 2 is 1.90 bits per heavy atom. The molecule has 3 rings (SSSR count). The summed E-state index contributed by atoms with van der Waals surface area (Å²) in [7, 11) is 0. The highest BCUT2D eigenvalue weighted by molar-refractivity contribution is 6.03. The minimum atomic E-state index is -0.372. The molecule has 0 spiro atoms. The van der Waals surface area contributed by atoms with Gasteiger partial charge in [-0.1, -0.05) is 12.1 Å². The van der Waals surface area contributed by atoms with Gasteiger partial charge in [-0.15, -0.1) is 0 Å². The summed E-state index contributed by atoms with van der Waals surface area (Å²) in [6.45, 7) is 1.73. The fourth-order valence-corrected chi connectivity index (χ4v) is 2.02. The van der Waals surface area contributed by atoms with Crippen molar-refractivity contribution in [1.29, 1.82) is 0 Å². The molecule has 0 saturated heterocycles. The number of hydrogen-bond acceptors (Lipinski definition) is 3. The van der Waals surface area contributed by atoms with Crippen LogP contribution in [0.25, 0.3) is 11.0 Å². The quantitative estimate of drug-likeness (QED) is 0.784. The van der Waals surface area contributed by atoms with E-state index in [4.69, 9.17) is 0 Å². The average Bonchev–Trinajstić information content (AvgIpc) is 2.49. The SMILES string of the molecule is Cc1cc(F)ccc1NC(=O)c1cnc2ccccc2n1. The van der Waals surface area contributed by atoms with Crippen molar-refractivity contribution in [1.82, 2.24) is 9.97 Å². The van der Waals surface area contributed by atoms with Crippen LogP contribution in [-0.2, 0) is 0 Å². The van der Waals surface area contributed by atoms with Gasteiger partial charge in [-0.05, 0) is 42.8 Å². The van der Waals surface area contributed by atoms with E-state index in [0.717, 1.165) is 5.52 Å². The van der Waals surface area contributed by atoms with Gasteiger partial charge in [0.1, 0.15) is 11.5 Å². The summed E-state index contributed by atoms with van der Waals surface area (Å²) in [6.07, 6.45) is 1.43. The van der Waals surface area contributed by atoms with E-state index in [-0.39, 0.29) is 17.4 Å². The fraction of sp³-hybridized carbons (Fsp3) is 0.0625. The van der Waals surface area contributed by atoms with Crippen molar-refractivity contribution in [3.8, 4) is 0 Å². The molecule has 1 amide bonds. The van der Waals surface area contributed by atoms with Crippen molar-refractivity contribution in [2.45, 2.75) is 6.92 Å². The number of benzene rings is 2. The molecule has 0 saturated carbocycles. The second kappa shape index (κ2) is 5.28. The summed E-state index contributed by atoms with van der Waals surface area (Å²) in [4.78, 5) is 20.7. The lowest BCUT2D eigenvalue weighted by Crippen LogP contribution is -2.15. The Morgan fingerprint density at radius 1 is 1.14 bits per heavy atom. The van der Waals surface area contributed by atoms with Crippen molar-refractivity contribution in [3.05, 3.63) is 65.7 Å². The summed E-state index contributed by atoms with van der Waals surface area (Å²) in [5.74, 6) is -0.709. The zero-order valence-electron chi connectivity index (χ0n) is 11.3. The molecule has 1 N–H and O–H groups in total. The van der Waals surface area contributed by atoms with E-state index in [1.165, 1.54) is 24.4 Å². The van der Waals surface area contributed by atoms with Crippen LogP contribution in [-0.4, -0.2) is 15.9 Å². The van der Waals surface area contributed by atoms with Crippen LogP contribution in [0.1, 0.15) is 16.1 Å². The molecule has 21 heavy (non-hydrogen) atoms. The summed E-state index contributed by atoms with van der Waals surface area (Å²) in [6, 6.07) is 11.5. The van der Waals surface area contributed by atoms with E-state index in [2.05, 4.69) is 15.3 Å². The Bertz CT molecular complexity index is 833. The number of carbonyl (C=O) groups is 1. The second-order valence-corrected chi connectivity index (χ2v) is 4.66. The van der Waals surface area contributed by atoms with Gasteiger partial charge < -0.3 is 5.32 Å². The molecule has 0 aliphatic carbocycles. The molecular weight excluding hydrogens is 269 g/mol. The highest BCUT2D eigenvalue weighted by Gasteiger charge is 2.11. The fourth-order valence-electron chi connectivity index (χ4n) is 2.02. The Balaban J connectivity index is 1.89. The van der Waals surface area contributed by atoms with Crippen LogP contribution >= 0.6 is 0 Å². The number of hydrogen-bond donors (Lipinski definition) is 1. The lowest BCUT2D eigenvalue weighted by Gasteiger charge is -2.08. The van der Waals surface area contributed by atoms with Crippen LogP contribution in [0.2, 0.25) is 0 Å². The van der Waals surface area contributed by atoms with Crippen molar-refractivity contribution in [3.63, 3.8) is 0 Å². The molecule has 0 atom stereocenters. The molecule has 3 aromatic rings. The number of fused-ring (bicyclic) bond motifs is 1. The molecule has 104 valence electrons. The highest BCUT2D eigenvalue weighted by atomic mass is 19.1. The first-order valence-electron chi connectivity index (χ1n) is 6.43. The first-order chi connectivity index (χ1) is 10.1. The molecule has 5 heteroatoms. The van der Waals surface area contributed by atoms with Gasteiger partial charge in [0, 0.05) is 5.69 Å². The van der Waals surface area contributed by atoms with Gasteiger partial charge in [0.15, 0.2) is 0 Å². The number of para-hydroxylation sites is 2. The third-order valence-electron chi connectivity index (χ3n) is 3.12. The van der Waals surface area contributed by atoms with Crippen LogP contribution in [0.15, 0.2) is 48.7 Å². The Hall–Kier alpha value is -2.82. The van der Waals surface area contributed by atoms with Crippen LogP contribution in [0.5, 0.6) is 0 Å². The van der Waals surface area contributed by atoms with E-state index >= 15 is 0 Å². The summed E-state index contributed by atoms with van der Waals surface area (Å²) >= 11 is 0. The monoisotopic (exact) mass is 281 g/mol. The number of nitrogens with one attached hydrogen (secondary N) is 1. The lowest BCUT2D eigenvalue weighted by atomic mass is 10.2. The number of carbonyl (C=O) groups excluding carboxylic acids is 1. The predicted octanol–water partition coefficient (Wildman–Crippen LogP) is 3.33. The lowest BCUT2D eigenvalue weighted by molar-refractivity contribution is 0.102. The maximum absolute atomic E-state index is 13.0. The van der Waals surface area contributed by atoms with Crippen LogP contribution in [0, 0.1) is 12.7 Å². The Kier molecular flexibility index (Phi) is 3.31. The van der Waals surface area contributed by atoms with E-state index < -0.39 is 0 Å². The molecule has 1 aromatic heterocycles. The number of halogens is 1. The van der Waals surface area contributed by atoms with Gasteiger partial charge in [0.2, 0.25) is 0 Å². The van der Waals surface area contributed by atoms with Gasteiger partial charge in [-0.2, -0.15) is 0 Å². The minimum absolute atomic E-state index is 0.220. The minimum Gasteiger partial charge on any atom is -0.320 e. The molecule has 0 bridgehead atoms. The zero-order chi connectivity index (χ0) is 14.8. The van der Waals surface area contributed by atoms with Gasteiger partial charge in [-0.3, -0.25) is 9.78 Å². The van der Waals surface area contributed by atoms with Gasteiger partial charge in [-0.25, -0.2) is 9.37 Å². The molecule has 1 heterocycles. The summed E-state index contributed by atoms with van der Waals surface area (Å²) < 4.78 is 13.0. The van der Waals surface area contributed by atoms with E-state index in [0.29, 0.717) is 16.8 Å². The first kappa shape index (κ1) is 13.2. The number of nitrogens with zero attached hydrogens (tertiary/aromatic N) is 2. The highest BCUT2D eigenvalue weighted by Crippen LogP contribution is 2.17. The van der Waals surface area contributed by atoms with Crippen LogP contribution in [0.4, 0.5) is 10.1 Å². The van der Waals surface area contributed by atoms with Gasteiger partial charge >= 0.3 is 0 Å². The molecule has 0 radical (unpaired) electrons. The van der Waals surface area contributed by atoms with Crippen LogP contribution in [0.3, 0.4) is 0 Å². The Labute approximate surface area is 120 Å². The van der Waals surface area contributed by atoms with Gasteiger partial charge in [0.05, 0.1) is 17.2 Å². The molecule has 0 unspecified atom stereocenters. The van der Waals surface area contributed by atoms with Gasteiger partial charge in [0.25, 0.3) is 5.91 Å². The summed E-state index contributed by atoms with van der Waals surface area (Å²) in [5.41, 5.74) is 2.80. The van der Waals surface area contributed by atoms with Crippen molar-refractivity contribution in [2.24, 2.45) is 0 Å². The maximum Gasteiger partial charge on any atom is 0.275 e. The standard InChI is InChI=1S/C16H12FN3O/c1-10-8-11(17)6-7-12(10)20-16(21)15-9-18-13-4-2-3-5-14(13)19-15/h2-9H,1H3,(H,20,21). The number of anilines is 1. The number of aryl methyl sites for hydroxylation is 1. The second-order valence-electron chi connectivity index (χ2n) is 4.66. The largest absolute Gasteiger partial charge is 0.320 e. The van der Waals surface area contributed by atoms with Crippen LogP contribution < -0.4 is 5.32 Å². The average molecular weight is 281 g/mol. The number of rotatable bonds is 2. The normalized spacial score (nSPS) is 10.6. The number of amides is 1. The maximum atomic E-state index is 13.0. The molecule has 4 nitrogen and oxygen atoms in total. The molecule has 0 aliphatic rings. The zero-order valence-corrected chi connectivity index (χ0v) is 11.3. The van der Waals surface area contributed by atoms with E-state index in [1.54, 1.807) is 13.0 Å². The first-order valence-corrected chi connectivity index (χ1v) is 6.43. The van der Waals surface area contributed by atoms with Crippen molar-refractivity contribution >= 4 is 22.6 Å². The molecule has 0 fully saturated rings. The number of aromatic nitrogens is 2. The van der Waals surface area contributed by atoms with E-state index in [9.17, 15) is 9.18 Å². The third-order valence-corrected chi connectivity index (χ3v) is 3.12. The van der Waals surface area contributed by atoms with E-state index in [1.807, 2.05) is 18.2 Å². The summed E-state index contributed by atoms with van der Waals surface area (Å²) in [5, 5.41) is 2.71. The van der Waals surface area contributed by atoms with Crippen molar-refractivity contribution < 1.29 is 9.18 Å². The molecular formula is C16H12FN3O. The molecule has 0 aliphatic heterocycles.